The molecule has 0 saturated heterocycles. The molecule has 0 atom stereocenters. The van der Waals surface area contributed by atoms with Crippen LogP contribution in [0.1, 0.15) is 45.5 Å². The second kappa shape index (κ2) is 9.86. The van der Waals surface area contributed by atoms with Crippen LogP contribution in [0.4, 0.5) is 0 Å². The van der Waals surface area contributed by atoms with Crippen LogP contribution in [0, 0.1) is 5.92 Å². The molecular formula is C42H32. The van der Waals surface area contributed by atoms with Crippen LogP contribution in [0.5, 0.6) is 0 Å². The van der Waals surface area contributed by atoms with Gasteiger partial charge in [-0.25, -0.2) is 0 Å². The lowest BCUT2D eigenvalue weighted by Gasteiger charge is -2.20. The fraction of sp³-hybridized carbons (Fsp3) is 0.0952. The maximum absolute atomic E-state index is 9.66. The first-order chi connectivity index (χ1) is 28.6. The Hall–Kier alpha value is -4.94. The van der Waals surface area contributed by atoms with E-state index in [-0.39, 0.29) is 83.5 Å². The molecule has 0 nitrogen and oxygen atoms in total. The van der Waals surface area contributed by atoms with Gasteiger partial charge in [0.2, 0.25) is 0 Å². The van der Waals surface area contributed by atoms with E-state index >= 15 is 0 Å². The zero-order valence-electron chi connectivity index (χ0n) is 41.6. The summed E-state index contributed by atoms with van der Waals surface area (Å²) in [5.41, 5.74) is -0.503. The third kappa shape index (κ3) is 3.83. The van der Waals surface area contributed by atoms with E-state index < -0.39 is 125 Å². The average Bonchev–Trinajstić information content (AvgIpc) is 3.22. The van der Waals surface area contributed by atoms with Crippen molar-refractivity contribution in [1.82, 2.24) is 0 Å². The van der Waals surface area contributed by atoms with Crippen LogP contribution in [0.15, 0.2) is 139 Å². The molecule has 0 aromatic heterocycles. The van der Waals surface area contributed by atoms with Gasteiger partial charge in [0.15, 0.2) is 0 Å². The van der Waals surface area contributed by atoms with Gasteiger partial charge in [0, 0.05) is 0 Å². The highest BCUT2D eigenvalue weighted by atomic mass is 14.2. The minimum absolute atomic E-state index is 0.0440. The Morgan fingerprint density at radius 3 is 1.74 bits per heavy atom. The Kier molecular flexibility index (Phi) is 2.84. The third-order valence-electron chi connectivity index (χ3n) is 7.47. The molecule has 0 aliphatic carbocycles. The Bertz CT molecular complexity index is 3250. The predicted molar refractivity (Wildman–Crippen MR) is 183 cm³/mol. The normalized spacial score (nSPS) is 18.2. The second-order valence-electron chi connectivity index (χ2n) is 10.5. The molecule has 0 spiro atoms. The van der Waals surface area contributed by atoms with Crippen molar-refractivity contribution in [2.24, 2.45) is 5.92 Å². The zero-order chi connectivity index (χ0) is 44.7. The van der Waals surface area contributed by atoms with Crippen LogP contribution < -0.4 is 0 Å². The summed E-state index contributed by atoms with van der Waals surface area (Å²) in [6.07, 6.45) is 0.0982. The molecule has 0 N–H and O–H groups in total. The molecule has 0 heterocycles. The molecule has 0 heteroatoms. The van der Waals surface area contributed by atoms with Crippen molar-refractivity contribution in [2.45, 2.75) is 20.3 Å². The maximum Gasteiger partial charge on any atom is 0.0636 e. The highest BCUT2D eigenvalue weighted by Crippen LogP contribution is 2.46. The molecule has 0 aliphatic rings. The fourth-order valence-electron chi connectivity index (χ4n) is 5.78. The van der Waals surface area contributed by atoms with Gasteiger partial charge in [-0.05, 0) is 100 Å². The number of fused-ring (bicyclic) bond motifs is 6. The first-order valence-electron chi connectivity index (χ1n) is 23.0. The van der Waals surface area contributed by atoms with Crippen LogP contribution >= 0.6 is 0 Å². The largest absolute Gasteiger partial charge is 0.0636 e. The highest BCUT2D eigenvalue weighted by Gasteiger charge is 2.19. The molecule has 0 amide bonds. The van der Waals surface area contributed by atoms with Gasteiger partial charge in [-0.15, -0.1) is 0 Å². The van der Waals surface area contributed by atoms with Gasteiger partial charge < -0.3 is 0 Å². The molecule has 8 aromatic rings. The van der Waals surface area contributed by atoms with Crippen molar-refractivity contribution in [3.63, 3.8) is 0 Å². The summed E-state index contributed by atoms with van der Waals surface area (Å²) in [5.74, 6) is -0.196. The highest BCUT2D eigenvalue weighted by molar-refractivity contribution is 6.25. The van der Waals surface area contributed by atoms with Crippen molar-refractivity contribution in [3.8, 4) is 22.3 Å². The SMILES string of the molecule is [2H]c1ccc(-c2c3c([2H])c([2H])c([2H])c([2H])c3c(-c3c([2H])c([2H])c([2H])c4c3c([2H])c([2H])c3c(CC(C)C)c5c([2H])c([2H])c([2H])c([2H])c5c([2H])c34)c3c([2H])c([2H])c([2H])c([2H])c23)cc1. The standard InChI is InChI=1S/C42H32/c1-27(2)25-39-30-16-7-6-15-29(30)26-40-31-21-12-22-34(32(31)23-24-33(39)40)42-37-19-10-8-17-35(37)41(28-13-4-3-5-14-28)36-18-9-11-20-38(36)42/h3-24,26-27H,25H2,1-2H3/i3D,6D,7D,8D,9D,10D,11D,12D,15D,16D,17D,18D,19D,20D,21D,22D,23D,24D,26D. The van der Waals surface area contributed by atoms with E-state index in [0.29, 0.717) is 0 Å². The van der Waals surface area contributed by atoms with E-state index in [1.165, 1.54) is 24.3 Å². The van der Waals surface area contributed by atoms with Gasteiger partial charge in [0.05, 0.1) is 26.0 Å². The number of benzene rings is 8. The second-order valence-corrected chi connectivity index (χ2v) is 10.5. The van der Waals surface area contributed by atoms with E-state index in [1.54, 1.807) is 0 Å². The van der Waals surface area contributed by atoms with E-state index in [0.717, 1.165) is 0 Å². The third-order valence-corrected chi connectivity index (χ3v) is 7.47. The number of hydrogen-bond acceptors (Lipinski definition) is 0. The molecule has 0 unspecified atom stereocenters. The van der Waals surface area contributed by atoms with E-state index in [9.17, 15) is 13.7 Å². The van der Waals surface area contributed by atoms with Gasteiger partial charge in [-0.1, -0.05) is 147 Å². The molecule has 0 saturated carbocycles. The van der Waals surface area contributed by atoms with Crippen LogP contribution in [-0.4, -0.2) is 0 Å². The molecule has 42 heavy (non-hydrogen) atoms. The minimum Gasteiger partial charge on any atom is -0.0625 e. The smallest absolute Gasteiger partial charge is 0.0625 e. The van der Waals surface area contributed by atoms with Crippen LogP contribution in [0.3, 0.4) is 0 Å². The molecule has 0 radical (unpaired) electrons. The summed E-state index contributed by atoms with van der Waals surface area (Å²) in [6.45, 7) is 3.66. The lowest BCUT2D eigenvalue weighted by Crippen LogP contribution is -1.97. The number of hydrogen-bond donors (Lipinski definition) is 0. The summed E-state index contributed by atoms with van der Waals surface area (Å²) < 4.78 is 172. The maximum atomic E-state index is 9.66. The Balaban J connectivity index is 1.79. The van der Waals surface area contributed by atoms with E-state index in [4.69, 9.17) is 12.3 Å². The zero-order valence-corrected chi connectivity index (χ0v) is 22.6. The topological polar surface area (TPSA) is 0 Å². The lowest BCUT2D eigenvalue weighted by atomic mass is 9.83. The fourth-order valence-corrected chi connectivity index (χ4v) is 5.78. The first kappa shape index (κ1) is 12.1. The van der Waals surface area contributed by atoms with Gasteiger partial charge in [0.1, 0.15) is 0 Å². The quantitative estimate of drug-likeness (QED) is 0.150. The molecule has 8 rings (SSSR count). The molecule has 200 valence electrons. The van der Waals surface area contributed by atoms with Gasteiger partial charge in [-0.2, -0.15) is 0 Å². The van der Waals surface area contributed by atoms with Crippen molar-refractivity contribution in [3.05, 3.63) is 145 Å². The van der Waals surface area contributed by atoms with Gasteiger partial charge in [-0.3, -0.25) is 0 Å². The summed E-state index contributed by atoms with van der Waals surface area (Å²) in [5, 5.41) is -2.55. The monoisotopic (exact) mass is 555 g/mol. The van der Waals surface area contributed by atoms with Crippen molar-refractivity contribution in [2.75, 3.05) is 0 Å². The summed E-state index contributed by atoms with van der Waals surface area (Å²) in [4.78, 5) is 0. The van der Waals surface area contributed by atoms with Crippen molar-refractivity contribution < 1.29 is 26.0 Å². The Labute approximate surface area is 273 Å². The lowest BCUT2D eigenvalue weighted by molar-refractivity contribution is 0.653. The summed E-state index contributed by atoms with van der Waals surface area (Å²) >= 11 is 0. The average molecular weight is 556 g/mol. The molecule has 0 aliphatic heterocycles. The van der Waals surface area contributed by atoms with Crippen LogP contribution in [0.25, 0.3) is 76.1 Å². The number of rotatable bonds is 4. The molecule has 0 fully saturated rings. The molecular weight excluding hydrogens is 504 g/mol. The summed E-state index contributed by atoms with van der Waals surface area (Å²) in [7, 11) is 0. The Morgan fingerprint density at radius 1 is 0.500 bits per heavy atom. The van der Waals surface area contributed by atoms with Crippen molar-refractivity contribution in [1.29, 1.82) is 0 Å². The minimum atomic E-state index is -0.793. The molecule has 0 bridgehead atoms. The molecule has 8 aromatic carbocycles. The summed E-state index contributed by atoms with van der Waals surface area (Å²) in [6, 6.07) is -6.06. The van der Waals surface area contributed by atoms with Gasteiger partial charge in [0.25, 0.3) is 0 Å². The predicted octanol–water partition coefficient (Wildman–Crippen LogP) is 12.0. The van der Waals surface area contributed by atoms with Crippen molar-refractivity contribution >= 4 is 53.9 Å². The van der Waals surface area contributed by atoms with E-state index in [2.05, 4.69) is 0 Å². The van der Waals surface area contributed by atoms with E-state index in [1.807, 2.05) is 13.8 Å². The Morgan fingerprint density at radius 2 is 1.07 bits per heavy atom. The van der Waals surface area contributed by atoms with Crippen LogP contribution in [-0.2, 0) is 6.42 Å². The van der Waals surface area contributed by atoms with Crippen LogP contribution in [0.2, 0.25) is 0 Å². The first-order valence-corrected chi connectivity index (χ1v) is 13.5. The van der Waals surface area contributed by atoms with Gasteiger partial charge >= 0.3 is 0 Å².